The van der Waals surface area contributed by atoms with E-state index in [-0.39, 0.29) is 0 Å². The summed E-state index contributed by atoms with van der Waals surface area (Å²) in [6.07, 6.45) is 3.24. The van der Waals surface area contributed by atoms with Crippen LogP contribution in [0.2, 0.25) is 39.3 Å². The summed E-state index contributed by atoms with van der Waals surface area (Å²) in [7, 11) is -2.45. The van der Waals surface area contributed by atoms with E-state index in [9.17, 15) is 0 Å². The van der Waals surface area contributed by atoms with Crippen molar-refractivity contribution in [3.63, 3.8) is 0 Å². The number of hydrogen-bond acceptors (Lipinski definition) is 0. The fourth-order valence-corrected chi connectivity index (χ4v) is 12.5. The molecule has 0 nitrogen and oxygen atoms in total. The second-order valence-corrected chi connectivity index (χ2v) is 17.4. The fourth-order valence-electron chi connectivity index (χ4n) is 2.44. The molecule has 1 aromatic rings. The van der Waals surface area contributed by atoms with Crippen LogP contribution in [0.1, 0.15) is 5.56 Å². The largest absolute Gasteiger partial charge is 0.134 e. The van der Waals surface area contributed by atoms with Crippen molar-refractivity contribution in [2.45, 2.75) is 45.7 Å². The van der Waals surface area contributed by atoms with Gasteiger partial charge in [0.2, 0.25) is 0 Å². The molecule has 18 heavy (non-hydrogen) atoms. The first-order valence-corrected chi connectivity index (χ1v) is 13.7. The van der Waals surface area contributed by atoms with Crippen LogP contribution in [0, 0.1) is 0 Å². The highest BCUT2D eigenvalue weighted by atomic mass is 28.4. The third-order valence-electron chi connectivity index (χ3n) is 2.93. The van der Waals surface area contributed by atoms with Crippen LogP contribution in [0.15, 0.2) is 47.0 Å². The van der Waals surface area contributed by atoms with Crippen LogP contribution >= 0.6 is 0 Å². The zero-order valence-corrected chi connectivity index (χ0v) is 14.7. The lowest BCUT2D eigenvalue weighted by Crippen LogP contribution is -2.39. The Kier molecular flexibility index (Phi) is 4.97. The van der Waals surface area contributed by atoms with Crippen LogP contribution in [0.25, 0.3) is 0 Å². The first-order valence-electron chi connectivity index (χ1n) is 6.71. The van der Waals surface area contributed by atoms with E-state index in [1.165, 1.54) is 5.56 Å². The summed E-state index contributed by atoms with van der Waals surface area (Å²) in [5.74, 6) is 0. The SMILES string of the molecule is C[Si](C)(C)C(=C=CCc1ccccc1)[Si](C)(C)C. The van der Waals surface area contributed by atoms with E-state index >= 15 is 0 Å². The van der Waals surface area contributed by atoms with Gasteiger partial charge in [-0.2, -0.15) is 0 Å². The first-order chi connectivity index (χ1) is 8.21. The van der Waals surface area contributed by atoms with Crippen LogP contribution in [0.3, 0.4) is 0 Å². The minimum Gasteiger partial charge on any atom is -0.134 e. The van der Waals surface area contributed by atoms with Crippen molar-refractivity contribution >= 4 is 16.1 Å². The molecule has 0 saturated carbocycles. The second-order valence-electron chi connectivity index (χ2n) is 6.91. The van der Waals surface area contributed by atoms with E-state index < -0.39 is 16.1 Å². The molecule has 0 fully saturated rings. The lowest BCUT2D eigenvalue weighted by Gasteiger charge is -2.29. The summed E-state index contributed by atoms with van der Waals surface area (Å²) < 4.78 is 0. The molecule has 0 aromatic heterocycles. The summed E-state index contributed by atoms with van der Waals surface area (Å²) >= 11 is 0. The molecule has 1 rings (SSSR count). The van der Waals surface area contributed by atoms with Gasteiger partial charge in [-0.3, -0.25) is 0 Å². The van der Waals surface area contributed by atoms with Gasteiger partial charge in [0.05, 0.1) is 16.1 Å². The molecule has 0 saturated heterocycles. The van der Waals surface area contributed by atoms with Gasteiger partial charge < -0.3 is 0 Å². The molecule has 0 unspecified atom stereocenters. The normalized spacial score (nSPS) is 11.9. The third kappa shape index (κ3) is 4.81. The second kappa shape index (κ2) is 5.88. The Hall–Kier alpha value is -0.826. The van der Waals surface area contributed by atoms with Crippen molar-refractivity contribution in [3.8, 4) is 0 Å². The van der Waals surface area contributed by atoms with Gasteiger partial charge >= 0.3 is 0 Å². The molecular weight excluding hydrogens is 248 g/mol. The molecule has 0 aliphatic rings. The topological polar surface area (TPSA) is 0 Å². The van der Waals surface area contributed by atoms with Crippen LogP contribution < -0.4 is 0 Å². The highest BCUT2D eigenvalue weighted by molar-refractivity contribution is 7.04. The van der Waals surface area contributed by atoms with Gasteiger partial charge in [0, 0.05) is 0 Å². The lowest BCUT2D eigenvalue weighted by molar-refractivity contribution is 1.27. The van der Waals surface area contributed by atoms with Crippen molar-refractivity contribution in [2.24, 2.45) is 0 Å². The summed E-state index contributed by atoms with van der Waals surface area (Å²) in [5, 5.41) is 0. The summed E-state index contributed by atoms with van der Waals surface area (Å²) in [4.78, 5) is 1.66. The number of benzene rings is 1. The smallest absolute Gasteiger partial charge is 0.0772 e. The average molecular weight is 275 g/mol. The van der Waals surface area contributed by atoms with Gasteiger partial charge in [0.1, 0.15) is 0 Å². The van der Waals surface area contributed by atoms with Crippen LogP contribution in [0.4, 0.5) is 0 Å². The van der Waals surface area contributed by atoms with E-state index in [1.807, 2.05) is 0 Å². The lowest BCUT2D eigenvalue weighted by atomic mass is 10.1. The van der Waals surface area contributed by atoms with Gasteiger partial charge in [-0.05, 0) is 18.1 Å². The maximum atomic E-state index is 3.66. The minimum atomic E-state index is -1.22. The van der Waals surface area contributed by atoms with E-state index in [0.29, 0.717) is 0 Å². The van der Waals surface area contributed by atoms with E-state index in [4.69, 9.17) is 0 Å². The minimum absolute atomic E-state index is 0.999. The molecule has 0 N–H and O–H groups in total. The van der Waals surface area contributed by atoms with E-state index in [0.717, 1.165) is 6.42 Å². The van der Waals surface area contributed by atoms with Crippen molar-refractivity contribution in [1.29, 1.82) is 0 Å². The summed E-state index contributed by atoms with van der Waals surface area (Å²) in [6.45, 7) is 14.6. The molecule has 0 aliphatic heterocycles. The molecule has 0 aliphatic carbocycles. The average Bonchev–Trinajstić information content (AvgIpc) is 2.22. The Morgan fingerprint density at radius 1 is 0.944 bits per heavy atom. The molecule has 1 aromatic carbocycles. The molecular formula is C16H26Si2. The van der Waals surface area contributed by atoms with Gasteiger partial charge in [-0.25, -0.2) is 0 Å². The molecule has 0 bridgehead atoms. The first kappa shape index (κ1) is 15.2. The van der Waals surface area contributed by atoms with Crippen molar-refractivity contribution in [1.82, 2.24) is 0 Å². The zero-order valence-electron chi connectivity index (χ0n) is 12.7. The Bertz CT molecular complexity index is 422. The molecule has 0 radical (unpaired) electrons. The number of rotatable bonds is 4. The van der Waals surface area contributed by atoms with E-state index in [1.54, 1.807) is 4.82 Å². The molecule has 2 heteroatoms. The summed E-state index contributed by atoms with van der Waals surface area (Å²) in [5.41, 5.74) is 5.03. The molecule has 98 valence electrons. The Morgan fingerprint density at radius 3 is 1.89 bits per heavy atom. The molecule has 0 atom stereocenters. The van der Waals surface area contributed by atoms with Crippen molar-refractivity contribution < 1.29 is 0 Å². The Labute approximate surface area is 114 Å². The highest BCUT2D eigenvalue weighted by Gasteiger charge is 2.30. The predicted molar refractivity (Wildman–Crippen MR) is 88.4 cm³/mol. The van der Waals surface area contributed by atoms with Gasteiger partial charge in [0.25, 0.3) is 0 Å². The van der Waals surface area contributed by atoms with Crippen LogP contribution in [-0.2, 0) is 6.42 Å². The van der Waals surface area contributed by atoms with Gasteiger partial charge in [0.15, 0.2) is 0 Å². The molecule has 0 heterocycles. The maximum Gasteiger partial charge on any atom is 0.0772 e. The third-order valence-corrected chi connectivity index (χ3v) is 10.7. The predicted octanol–water partition coefficient (Wildman–Crippen LogP) is 5.07. The standard InChI is InChI=1S/C16H26Si2/c1-17(2,3)16(18(4,5)6)14-10-13-15-11-8-7-9-12-15/h7-12H,13H2,1-6H3. The molecule has 0 spiro atoms. The Balaban J connectivity index is 2.97. The van der Waals surface area contributed by atoms with E-state index in [2.05, 4.69) is 81.4 Å². The van der Waals surface area contributed by atoms with Gasteiger partial charge in [-0.1, -0.05) is 74.4 Å². The number of allylic oxidation sites excluding steroid dienone is 1. The fraction of sp³-hybridized carbons (Fsp3) is 0.438. The molecule has 0 amide bonds. The van der Waals surface area contributed by atoms with Crippen LogP contribution in [0.5, 0.6) is 0 Å². The monoisotopic (exact) mass is 274 g/mol. The maximum absolute atomic E-state index is 3.66. The summed E-state index contributed by atoms with van der Waals surface area (Å²) in [6, 6.07) is 10.6. The highest BCUT2D eigenvalue weighted by Crippen LogP contribution is 2.24. The van der Waals surface area contributed by atoms with Crippen molar-refractivity contribution in [3.05, 3.63) is 52.5 Å². The zero-order chi connectivity index (χ0) is 13.8. The van der Waals surface area contributed by atoms with Crippen LogP contribution in [-0.4, -0.2) is 16.1 Å². The number of hydrogen-bond donors (Lipinski definition) is 0. The Morgan fingerprint density at radius 2 is 1.44 bits per heavy atom. The quantitative estimate of drug-likeness (QED) is 0.531. The van der Waals surface area contributed by atoms with Crippen molar-refractivity contribution in [2.75, 3.05) is 0 Å². The van der Waals surface area contributed by atoms with Gasteiger partial charge in [-0.15, -0.1) is 5.73 Å².